The first-order valence-electron chi connectivity index (χ1n) is 7.78. The van der Waals surface area contributed by atoms with Gasteiger partial charge in [0.25, 0.3) is 0 Å². The van der Waals surface area contributed by atoms with Crippen LogP contribution in [0.2, 0.25) is 0 Å². The zero-order chi connectivity index (χ0) is 15.1. The van der Waals surface area contributed by atoms with Gasteiger partial charge in [0.1, 0.15) is 6.61 Å². The van der Waals surface area contributed by atoms with Crippen molar-refractivity contribution in [1.82, 2.24) is 0 Å². The van der Waals surface area contributed by atoms with Gasteiger partial charge in [-0.15, -0.1) is 0 Å². The predicted octanol–water partition coefficient (Wildman–Crippen LogP) is 2.39. The highest BCUT2D eigenvalue weighted by Crippen LogP contribution is 2.43. The van der Waals surface area contributed by atoms with Crippen LogP contribution >= 0.6 is 0 Å². The molecule has 0 spiro atoms. The van der Waals surface area contributed by atoms with Crippen LogP contribution in [0.15, 0.2) is 30.3 Å². The highest BCUT2D eigenvalue weighted by atomic mass is 16.5. The molecule has 0 aromatic heterocycles. The maximum absolute atomic E-state index is 12.5. The summed E-state index contributed by atoms with van der Waals surface area (Å²) >= 11 is 0. The highest BCUT2D eigenvalue weighted by molar-refractivity contribution is 5.78. The van der Waals surface area contributed by atoms with E-state index < -0.39 is 11.5 Å². The van der Waals surface area contributed by atoms with Gasteiger partial charge in [0.05, 0.1) is 11.5 Å². The second-order valence-corrected chi connectivity index (χ2v) is 5.87. The van der Waals surface area contributed by atoms with Gasteiger partial charge in [-0.05, 0) is 44.2 Å². The van der Waals surface area contributed by atoms with E-state index in [0.717, 1.165) is 24.8 Å². The van der Waals surface area contributed by atoms with Gasteiger partial charge in [-0.3, -0.25) is 4.79 Å². The molecule has 4 heteroatoms. The predicted molar refractivity (Wildman–Crippen MR) is 81.4 cm³/mol. The first-order chi connectivity index (χ1) is 10.2. The minimum atomic E-state index is -0.718. The zero-order valence-electron chi connectivity index (χ0n) is 12.5. The third-order valence-corrected chi connectivity index (χ3v) is 4.43. The number of nitrogens with two attached hydrogens (primary N) is 1. The lowest BCUT2D eigenvalue weighted by Crippen LogP contribution is -2.39. The summed E-state index contributed by atoms with van der Waals surface area (Å²) < 4.78 is 5.49. The number of benzene rings is 1. The zero-order valence-corrected chi connectivity index (χ0v) is 12.5. The number of rotatable bonds is 7. The van der Waals surface area contributed by atoms with Gasteiger partial charge >= 0.3 is 5.97 Å². The molecular formula is C17H25NO3. The molecule has 1 aliphatic carbocycles. The van der Waals surface area contributed by atoms with Crippen LogP contribution in [0.4, 0.5) is 0 Å². The molecule has 1 saturated carbocycles. The standard InChI is InChI=1S/C17H25NO3/c18-12-5-4-10-17(11-6-9-15(17)19)16(20)21-13-14-7-2-1-3-8-14/h1-3,7-8,15,19H,4-6,9-13,18H2. The fourth-order valence-corrected chi connectivity index (χ4v) is 3.14. The number of ether oxygens (including phenoxy) is 1. The van der Waals surface area contributed by atoms with Crippen LogP contribution in [-0.2, 0) is 16.1 Å². The lowest BCUT2D eigenvalue weighted by atomic mass is 9.79. The van der Waals surface area contributed by atoms with Crippen LogP contribution in [0.1, 0.15) is 44.1 Å². The maximum atomic E-state index is 12.5. The molecule has 1 aromatic rings. The molecule has 4 nitrogen and oxygen atoms in total. The van der Waals surface area contributed by atoms with Crippen molar-refractivity contribution in [3.05, 3.63) is 35.9 Å². The van der Waals surface area contributed by atoms with Crippen LogP contribution < -0.4 is 5.73 Å². The van der Waals surface area contributed by atoms with E-state index in [-0.39, 0.29) is 12.6 Å². The summed E-state index contributed by atoms with van der Waals surface area (Å²) in [5.41, 5.74) is 5.77. The second-order valence-electron chi connectivity index (χ2n) is 5.87. The van der Waals surface area contributed by atoms with Crippen LogP contribution in [0.25, 0.3) is 0 Å². The van der Waals surface area contributed by atoms with E-state index in [1.165, 1.54) is 0 Å². The average molecular weight is 291 g/mol. The van der Waals surface area contributed by atoms with E-state index >= 15 is 0 Å². The molecule has 3 N–H and O–H groups in total. The normalized spacial score (nSPS) is 25.0. The van der Waals surface area contributed by atoms with Gasteiger partial charge in [0.2, 0.25) is 0 Å². The Morgan fingerprint density at radius 1 is 1.33 bits per heavy atom. The Bertz CT molecular complexity index is 449. The van der Waals surface area contributed by atoms with Crippen molar-refractivity contribution in [2.75, 3.05) is 6.54 Å². The van der Waals surface area contributed by atoms with Crippen LogP contribution in [0.5, 0.6) is 0 Å². The van der Waals surface area contributed by atoms with E-state index in [0.29, 0.717) is 25.8 Å². The molecule has 0 heterocycles. The number of esters is 1. The summed E-state index contributed by atoms with van der Waals surface area (Å²) in [4.78, 5) is 12.5. The van der Waals surface area contributed by atoms with Gasteiger partial charge in [-0.1, -0.05) is 36.8 Å². The van der Waals surface area contributed by atoms with E-state index in [9.17, 15) is 9.90 Å². The first-order valence-corrected chi connectivity index (χ1v) is 7.78. The number of aliphatic hydroxyl groups is 1. The SMILES string of the molecule is NCCCCC1(C(=O)OCc2ccccc2)CCCC1O. The molecule has 21 heavy (non-hydrogen) atoms. The Morgan fingerprint density at radius 2 is 2.10 bits per heavy atom. The lowest BCUT2D eigenvalue weighted by Gasteiger charge is -2.30. The highest BCUT2D eigenvalue weighted by Gasteiger charge is 2.49. The van der Waals surface area contributed by atoms with Crippen molar-refractivity contribution < 1.29 is 14.6 Å². The van der Waals surface area contributed by atoms with Crippen LogP contribution in [0, 0.1) is 5.41 Å². The van der Waals surface area contributed by atoms with Crippen LogP contribution in [-0.4, -0.2) is 23.7 Å². The number of hydrogen-bond acceptors (Lipinski definition) is 4. The third-order valence-electron chi connectivity index (χ3n) is 4.43. The van der Waals surface area contributed by atoms with Crippen molar-refractivity contribution in [2.24, 2.45) is 11.1 Å². The van der Waals surface area contributed by atoms with Gasteiger partial charge in [0.15, 0.2) is 0 Å². The Hall–Kier alpha value is -1.39. The lowest BCUT2D eigenvalue weighted by molar-refractivity contribution is -0.163. The average Bonchev–Trinajstić information content (AvgIpc) is 2.88. The summed E-state index contributed by atoms with van der Waals surface area (Å²) in [6, 6.07) is 9.63. The maximum Gasteiger partial charge on any atom is 0.315 e. The van der Waals surface area contributed by atoms with Gasteiger partial charge < -0.3 is 15.6 Å². The molecule has 0 amide bonds. The molecule has 2 unspecified atom stereocenters. The van der Waals surface area contributed by atoms with E-state index in [2.05, 4.69) is 0 Å². The van der Waals surface area contributed by atoms with Gasteiger partial charge in [0, 0.05) is 0 Å². The van der Waals surface area contributed by atoms with E-state index in [1.54, 1.807) is 0 Å². The Morgan fingerprint density at radius 3 is 2.71 bits per heavy atom. The second kappa shape index (κ2) is 7.57. The minimum absolute atomic E-state index is 0.256. The smallest absolute Gasteiger partial charge is 0.315 e. The third kappa shape index (κ3) is 3.83. The van der Waals surface area contributed by atoms with Gasteiger partial charge in [-0.25, -0.2) is 0 Å². The summed E-state index contributed by atoms with van der Waals surface area (Å²) in [5, 5.41) is 10.3. The summed E-state index contributed by atoms with van der Waals surface area (Å²) in [5.74, 6) is -0.256. The molecule has 0 radical (unpaired) electrons. The van der Waals surface area contributed by atoms with E-state index in [1.807, 2.05) is 30.3 Å². The van der Waals surface area contributed by atoms with Gasteiger partial charge in [-0.2, -0.15) is 0 Å². The molecule has 0 aliphatic heterocycles. The largest absolute Gasteiger partial charge is 0.460 e. The van der Waals surface area contributed by atoms with Crippen molar-refractivity contribution in [3.8, 4) is 0 Å². The molecular weight excluding hydrogens is 266 g/mol. The minimum Gasteiger partial charge on any atom is -0.460 e. The fourth-order valence-electron chi connectivity index (χ4n) is 3.14. The molecule has 1 fully saturated rings. The van der Waals surface area contributed by atoms with Crippen molar-refractivity contribution in [2.45, 2.75) is 51.2 Å². The number of hydrogen-bond donors (Lipinski definition) is 2. The Kier molecular flexibility index (Phi) is 5.76. The molecule has 0 saturated heterocycles. The molecule has 2 rings (SSSR count). The van der Waals surface area contributed by atoms with Crippen LogP contribution in [0.3, 0.4) is 0 Å². The molecule has 0 bridgehead atoms. The number of carbonyl (C=O) groups is 1. The number of carbonyl (C=O) groups excluding carboxylic acids is 1. The van der Waals surface area contributed by atoms with Crippen molar-refractivity contribution in [3.63, 3.8) is 0 Å². The molecule has 2 atom stereocenters. The fraction of sp³-hybridized carbons (Fsp3) is 0.588. The molecule has 1 aliphatic rings. The molecule has 1 aromatic carbocycles. The van der Waals surface area contributed by atoms with E-state index in [4.69, 9.17) is 10.5 Å². The summed E-state index contributed by atoms with van der Waals surface area (Å²) in [7, 11) is 0. The Labute approximate surface area is 126 Å². The monoisotopic (exact) mass is 291 g/mol. The number of unbranched alkanes of at least 4 members (excludes halogenated alkanes) is 1. The van der Waals surface area contributed by atoms with Crippen molar-refractivity contribution >= 4 is 5.97 Å². The quantitative estimate of drug-likeness (QED) is 0.597. The Balaban J connectivity index is 1.97. The van der Waals surface area contributed by atoms with Crippen molar-refractivity contribution in [1.29, 1.82) is 0 Å². The summed E-state index contributed by atoms with van der Waals surface area (Å²) in [6.07, 6.45) is 4.09. The molecule has 116 valence electrons. The first kappa shape index (κ1) is 16.0. The topological polar surface area (TPSA) is 72.6 Å². The summed E-state index contributed by atoms with van der Waals surface area (Å²) in [6.45, 7) is 0.885. The number of aliphatic hydroxyl groups excluding tert-OH is 1.